The Hall–Kier alpha value is -1.30. The maximum Gasteiger partial charge on any atom is 0.317 e. The van der Waals surface area contributed by atoms with Gasteiger partial charge in [0.25, 0.3) is 0 Å². The van der Waals surface area contributed by atoms with Gasteiger partial charge in [0, 0.05) is 32.7 Å². The lowest BCUT2D eigenvalue weighted by molar-refractivity contribution is -0.141. The van der Waals surface area contributed by atoms with Crippen LogP contribution in [0.4, 0.5) is 4.79 Å². The Morgan fingerprint density at radius 2 is 2.05 bits per heavy atom. The van der Waals surface area contributed by atoms with Crippen molar-refractivity contribution >= 4 is 12.0 Å². The molecule has 0 aromatic rings. The molecule has 0 saturated carbocycles. The highest BCUT2D eigenvalue weighted by Crippen LogP contribution is 2.25. The number of hydrogen-bond donors (Lipinski definition) is 2. The molecule has 1 aliphatic rings. The molecule has 1 heterocycles. The SMILES string of the molecule is CC(CN(C)C(=O)NCC1CCCOC1C(C)C)C(=O)O. The van der Waals surface area contributed by atoms with Crippen molar-refractivity contribution in [2.45, 2.75) is 39.7 Å². The second-order valence-corrected chi connectivity index (χ2v) is 6.29. The number of carbonyl (C=O) groups is 2. The van der Waals surface area contributed by atoms with Crippen molar-refractivity contribution in [3.05, 3.63) is 0 Å². The Kier molecular flexibility index (Phi) is 6.95. The number of aliphatic carboxylic acids is 1. The Labute approximate surface area is 126 Å². The summed E-state index contributed by atoms with van der Waals surface area (Å²) in [5, 5.41) is 11.8. The second-order valence-electron chi connectivity index (χ2n) is 6.29. The first-order valence-corrected chi connectivity index (χ1v) is 7.66. The van der Waals surface area contributed by atoms with Gasteiger partial charge in [-0.25, -0.2) is 4.79 Å². The molecule has 21 heavy (non-hydrogen) atoms. The third-order valence-electron chi connectivity index (χ3n) is 3.98. The zero-order valence-corrected chi connectivity index (χ0v) is 13.5. The third kappa shape index (κ3) is 5.53. The van der Waals surface area contributed by atoms with Crippen molar-refractivity contribution in [1.82, 2.24) is 10.2 Å². The Bertz CT molecular complexity index is 360. The van der Waals surface area contributed by atoms with Crippen LogP contribution in [0.15, 0.2) is 0 Å². The van der Waals surface area contributed by atoms with E-state index in [0.717, 1.165) is 19.4 Å². The highest BCUT2D eigenvalue weighted by atomic mass is 16.5. The van der Waals surface area contributed by atoms with Crippen LogP contribution < -0.4 is 5.32 Å². The van der Waals surface area contributed by atoms with Gasteiger partial charge in [0.1, 0.15) is 0 Å². The van der Waals surface area contributed by atoms with Crippen LogP contribution in [0.3, 0.4) is 0 Å². The molecule has 122 valence electrons. The summed E-state index contributed by atoms with van der Waals surface area (Å²) >= 11 is 0. The summed E-state index contributed by atoms with van der Waals surface area (Å²) in [5.74, 6) is -0.706. The molecule has 2 N–H and O–H groups in total. The lowest BCUT2D eigenvalue weighted by Gasteiger charge is -2.35. The molecule has 1 rings (SSSR count). The number of hydrogen-bond acceptors (Lipinski definition) is 3. The number of urea groups is 1. The minimum Gasteiger partial charge on any atom is -0.481 e. The average molecular weight is 300 g/mol. The van der Waals surface area contributed by atoms with Gasteiger partial charge in [-0.2, -0.15) is 0 Å². The molecule has 0 aromatic carbocycles. The zero-order chi connectivity index (χ0) is 16.0. The number of rotatable bonds is 6. The van der Waals surface area contributed by atoms with Crippen LogP contribution >= 0.6 is 0 Å². The number of amides is 2. The molecule has 0 aliphatic carbocycles. The lowest BCUT2D eigenvalue weighted by atomic mass is 9.87. The van der Waals surface area contributed by atoms with Crippen LogP contribution in [0.5, 0.6) is 0 Å². The van der Waals surface area contributed by atoms with Crippen molar-refractivity contribution in [3.63, 3.8) is 0 Å². The molecule has 3 unspecified atom stereocenters. The van der Waals surface area contributed by atoms with Crippen LogP contribution in [0.25, 0.3) is 0 Å². The topological polar surface area (TPSA) is 78.9 Å². The number of carbonyl (C=O) groups excluding carboxylic acids is 1. The smallest absolute Gasteiger partial charge is 0.317 e. The molecule has 6 heteroatoms. The lowest BCUT2D eigenvalue weighted by Crippen LogP contribution is -2.46. The molecule has 0 radical (unpaired) electrons. The van der Waals surface area contributed by atoms with Gasteiger partial charge in [-0.3, -0.25) is 4.79 Å². The summed E-state index contributed by atoms with van der Waals surface area (Å²) in [6, 6.07) is -0.226. The Balaban J connectivity index is 2.42. The molecule has 0 aromatic heterocycles. The van der Waals surface area contributed by atoms with E-state index in [1.54, 1.807) is 14.0 Å². The van der Waals surface area contributed by atoms with E-state index in [1.807, 2.05) is 0 Å². The first kappa shape index (κ1) is 17.8. The third-order valence-corrected chi connectivity index (χ3v) is 3.98. The summed E-state index contributed by atoms with van der Waals surface area (Å²) in [5.41, 5.74) is 0. The van der Waals surface area contributed by atoms with Gasteiger partial charge < -0.3 is 20.1 Å². The van der Waals surface area contributed by atoms with E-state index in [-0.39, 0.29) is 18.7 Å². The fourth-order valence-electron chi connectivity index (χ4n) is 2.75. The maximum atomic E-state index is 12.0. The van der Waals surface area contributed by atoms with Gasteiger partial charge in [0.05, 0.1) is 12.0 Å². The van der Waals surface area contributed by atoms with Crippen molar-refractivity contribution in [2.24, 2.45) is 17.8 Å². The molecule has 3 atom stereocenters. The predicted molar refractivity (Wildman–Crippen MR) is 80.1 cm³/mol. The number of carboxylic acid groups (broad SMARTS) is 1. The highest BCUT2D eigenvalue weighted by molar-refractivity contribution is 5.75. The Morgan fingerprint density at radius 1 is 1.38 bits per heavy atom. The van der Waals surface area contributed by atoms with Gasteiger partial charge in [-0.05, 0) is 18.8 Å². The van der Waals surface area contributed by atoms with Crippen molar-refractivity contribution < 1.29 is 19.4 Å². The molecule has 0 spiro atoms. The maximum absolute atomic E-state index is 12.0. The highest BCUT2D eigenvalue weighted by Gasteiger charge is 2.29. The molecule has 1 saturated heterocycles. The van der Waals surface area contributed by atoms with Gasteiger partial charge in [-0.15, -0.1) is 0 Å². The average Bonchev–Trinajstić information content (AvgIpc) is 2.44. The first-order valence-electron chi connectivity index (χ1n) is 7.66. The minimum absolute atomic E-state index is 0.183. The van der Waals surface area contributed by atoms with Crippen molar-refractivity contribution in [1.29, 1.82) is 0 Å². The van der Waals surface area contributed by atoms with E-state index in [2.05, 4.69) is 19.2 Å². The van der Waals surface area contributed by atoms with Crippen LogP contribution in [-0.4, -0.2) is 54.9 Å². The molecular formula is C15H28N2O4. The summed E-state index contributed by atoms with van der Waals surface area (Å²) in [6.45, 7) is 7.43. The van der Waals surface area contributed by atoms with Gasteiger partial charge in [0.2, 0.25) is 0 Å². The molecule has 1 aliphatic heterocycles. The van der Waals surface area contributed by atoms with Crippen molar-refractivity contribution in [2.75, 3.05) is 26.7 Å². The molecular weight excluding hydrogens is 272 g/mol. The minimum atomic E-state index is -0.893. The van der Waals surface area contributed by atoms with E-state index in [0.29, 0.717) is 18.4 Å². The normalized spacial score (nSPS) is 23.7. The largest absolute Gasteiger partial charge is 0.481 e. The second kappa shape index (κ2) is 8.22. The first-order chi connectivity index (χ1) is 9.82. The standard InChI is InChI=1S/C15H28N2O4/c1-10(2)13-12(6-5-7-21-13)8-16-15(20)17(4)9-11(3)14(18)19/h10-13H,5-9H2,1-4H3,(H,16,20)(H,18,19). The van der Waals surface area contributed by atoms with E-state index in [9.17, 15) is 9.59 Å². The monoisotopic (exact) mass is 300 g/mol. The number of carboxylic acids is 1. The summed E-state index contributed by atoms with van der Waals surface area (Å²) < 4.78 is 5.80. The van der Waals surface area contributed by atoms with Crippen LogP contribution in [0.1, 0.15) is 33.6 Å². The van der Waals surface area contributed by atoms with Crippen LogP contribution in [0.2, 0.25) is 0 Å². The summed E-state index contributed by atoms with van der Waals surface area (Å²) in [7, 11) is 1.62. The van der Waals surface area contributed by atoms with Gasteiger partial charge >= 0.3 is 12.0 Å². The van der Waals surface area contributed by atoms with E-state index in [1.165, 1.54) is 4.90 Å². The number of ether oxygens (including phenoxy) is 1. The van der Waals surface area contributed by atoms with Gasteiger partial charge in [0.15, 0.2) is 0 Å². The summed E-state index contributed by atoms with van der Waals surface area (Å²) in [6.07, 6.45) is 2.26. The fraction of sp³-hybridized carbons (Fsp3) is 0.867. The molecule has 2 amide bonds. The van der Waals surface area contributed by atoms with E-state index < -0.39 is 11.9 Å². The van der Waals surface area contributed by atoms with Crippen molar-refractivity contribution in [3.8, 4) is 0 Å². The predicted octanol–water partition coefficient (Wildman–Crippen LogP) is 1.80. The molecule has 1 fully saturated rings. The number of nitrogens with one attached hydrogen (secondary N) is 1. The van der Waals surface area contributed by atoms with E-state index in [4.69, 9.17) is 9.84 Å². The van der Waals surface area contributed by atoms with Crippen LogP contribution in [0, 0.1) is 17.8 Å². The Morgan fingerprint density at radius 3 is 2.62 bits per heavy atom. The zero-order valence-electron chi connectivity index (χ0n) is 13.5. The summed E-state index contributed by atoms with van der Waals surface area (Å²) in [4.78, 5) is 24.2. The molecule has 0 bridgehead atoms. The molecule has 6 nitrogen and oxygen atoms in total. The number of nitrogens with zero attached hydrogens (tertiary/aromatic N) is 1. The quantitative estimate of drug-likeness (QED) is 0.784. The van der Waals surface area contributed by atoms with E-state index >= 15 is 0 Å². The van der Waals surface area contributed by atoms with Crippen LogP contribution in [-0.2, 0) is 9.53 Å². The van der Waals surface area contributed by atoms with Gasteiger partial charge in [-0.1, -0.05) is 20.8 Å². The fourth-order valence-corrected chi connectivity index (χ4v) is 2.75.